The Bertz CT molecular complexity index is 665. The molecule has 0 spiro atoms. The van der Waals surface area contributed by atoms with Crippen molar-refractivity contribution in [1.82, 2.24) is 14.8 Å². The van der Waals surface area contributed by atoms with Crippen LogP contribution in [0.25, 0.3) is 0 Å². The normalized spacial score (nSPS) is 16.9. The van der Waals surface area contributed by atoms with Gasteiger partial charge in [0.25, 0.3) is 0 Å². The number of nitrogens with zero attached hydrogens (tertiary/aromatic N) is 2. The molecule has 0 saturated carbocycles. The highest BCUT2D eigenvalue weighted by Crippen LogP contribution is 2.35. The van der Waals surface area contributed by atoms with Crippen LogP contribution in [-0.4, -0.2) is 21.4 Å². The largest absolute Gasteiger partial charge is 0.485 e. The van der Waals surface area contributed by atoms with Crippen LogP contribution in [0.15, 0.2) is 24.3 Å². The molecule has 1 N–H and O–H groups in total. The Hall–Kier alpha value is -1.82. The first-order valence-corrected chi connectivity index (χ1v) is 7.74. The van der Waals surface area contributed by atoms with Gasteiger partial charge in [0.15, 0.2) is 28.2 Å². The van der Waals surface area contributed by atoms with Gasteiger partial charge in [-0.2, -0.15) is 5.10 Å². The van der Waals surface area contributed by atoms with Crippen LogP contribution in [0.4, 0.5) is 0 Å². The van der Waals surface area contributed by atoms with E-state index in [1.54, 1.807) is 0 Å². The maximum atomic E-state index is 6.00. The predicted molar refractivity (Wildman–Crippen MR) is 82.2 cm³/mol. The van der Waals surface area contributed by atoms with Crippen molar-refractivity contribution in [3.05, 3.63) is 34.9 Å². The summed E-state index contributed by atoms with van der Waals surface area (Å²) >= 11 is 5.32. The SMILES string of the molecule is CCCCCn1c([C@H]2COc3ccccc3O2)n[nH]c1=S. The molecular weight excluding hydrogens is 286 g/mol. The number of fused-ring (bicyclic) bond motifs is 1. The zero-order valence-electron chi connectivity index (χ0n) is 12.0. The van der Waals surface area contributed by atoms with Gasteiger partial charge in [0.05, 0.1) is 0 Å². The molecule has 0 bridgehead atoms. The third-order valence-corrected chi connectivity index (χ3v) is 3.88. The summed E-state index contributed by atoms with van der Waals surface area (Å²) in [5.74, 6) is 2.34. The van der Waals surface area contributed by atoms with Gasteiger partial charge in [-0.3, -0.25) is 5.10 Å². The second kappa shape index (κ2) is 6.30. The van der Waals surface area contributed by atoms with Gasteiger partial charge in [-0.25, -0.2) is 0 Å². The van der Waals surface area contributed by atoms with Gasteiger partial charge in [-0.15, -0.1) is 0 Å². The van der Waals surface area contributed by atoms with Crippen LogP contribution < -0.4 is 9.47 Å². The van der Waals surface area contributed by atoms with Crippen molar-refractivity contribution in [3.63, 3.8) is 0 Å². The molecule has 1 aromatic carbocycles. The second-order valence-corrected chi connectivity index (χ2v) is 5.50. The molecule has 0 saturated heterocycles. The average molecular weight is 305 g/mol. The first-order valence-electron chi connectivity index (χ1n) is 7.33. The standard InChI is InChI=1S/C15H19N3O2S/c1-2-3-6-9-18-14(16-17-15(18)21)13-10-19-11-7-4-5-8-12(11)20-13/h4-5,7-8,13H,2-3,6,9-10H2,1H3,(H,17,21)/t13-/m1/s1. The number of H-pyrrole nitrogens is 1. The van der Waals surface area contributed by atoms with E-state index in [1.165, 1.54) is 12.8 Å². The number of hydrogen-bond acceptors (Lipinski definition) is 4. The van der Waals surface area contributed by atoms with Crippen molar-refractivity contribution in [1.29, 1.82) is 0 Å². The number of para-hydroxylation sites is 2. The van der Waals surface area contributed by atoms with E-state index < -0.39 is 0 Å². The Morgan fingerprint density at radius 3 is 2.95 bits per heavy atom. The van der Waals surface area contributed by atoms with E-state index in [0.717, 1.165) is 30.3 Å². The van der Waals surface area contributed by atoms with Crippen LogP contribution in [0.3, 0.4) is 0 Å². The smallest absolute Gasteiger partial charge is 0.195 e. The maximum absolute atomic E-state index is 6.00. The lowest BCUT2D eigenvalue weighted by molar-refractivity contribution is 0.0819. The van der Waals surface area contributed by atoms with Crippen LogP contribution in [0, 0.1) is 4.77 Å². The Kier molecular flexibility index (Phi) is 4.24. The van der Waals surface area contributed by atoms with E-state index in [1.807, 2.05) is 28.8 Å². The Morgan fingerprint density at radius 2 is 2.14 bits per heavy atom. The molecule has 112 valence electrons. The quantitative estimate of drug-likeness (QED) is 0.677. The van der Waals surface area contributed by atoms with E-state index in [2.05, 4.69) is 17.1 Å². The molecule has 5 nitrogen and oxygen atoms in total. The summed E-state index contributed by atoms with van der Waals surface area (Å²) in [4.78, 5) is 0. The highest BCUT2D eigenvalue weighted by Gasteiger charge is 2.26. The van der Waals surface area contributed by atoms with Crippen molar-refractivity contribution in [3.8, 4) is 11.5 Å². The first kappa shape index (κ1) is 14.1. The molecule has 2 heterocycles. The van der Waals surface area contributed by atoms with E-state index in [9.17, 15) is 0 Å². The summed E-state index contributed by atoms with van der Waals surface area (Å²) in [5.41, 5.74) is 0. The minimum absolute atomic E-state index is 0.227. The zero-order chi connectivity index (χ0) is 14.7. The average Bonchev–Trinajstić information content (AvgIpc) is 2.88. The monoisotopic (exact) mass is 305 g/mol. The molecule has 3 rings (SSSR count). The fourth-order valence-electron chi connectivity index (χ4n) is 2.46. The van der Waals surface area contributed by atoms with Gasteiger partial charge in [-0.1, -0.05) is 31.9 Å². The summed E-state index contributed by atoms with van der Waals surface area (Å²) < 4.78 is 14.4. The molecule has 0 amide bonds. The third kappa shape index (κ3) is 2.95. The lowest BCUT2D eigenvalue weighted by atomic mass is 10.2. The van der Waals surface area contributed by atoms with Crippen molar-refractivity contribution in [2.24, 2.45) is 0 Å². The number of aromatic amines is 1. The number of ether oxygens (including phenoxy) is 2. The summed E-state index contributed by atoms with van der Waals surface area (Å²) in [7, 11) is 0. The lowest BCUT2D eigenvalue weighted by Crippen LogP contribution is -2.25. The predicted octanol–water partition coefficient (Wildman–Crippen LogP) is 3.64. The van der Waals surface area contributed by atoms with Gasteiger partial charge < -0.3 is 14.0 Å². The number of nitrogens with one attached hydrogen (secondary N) is 1. The van der Waals surface area contributed by atoms with E-state index in [4.69, 9.17) is 21.7 Å². The first-order chi connectivity index (χ1) is 10.3. The van der Waals surface area contributed by atoms with Gasteiger partial charge in [0.1, 0.15) is 6.61 Å². The molecular formula is C15H19N3O2S. The van der Waals surface area contributed by atoms with Crippen LogP contribution in [-0.2, 0) is 6.54 Å². The highest BCUT2D eigenvalue weighted by atomic mass is 32.1. The summed E-state index contributed by atoms with van der Waals surface area (Å²) in [6.45, 7) is 3.50. The summed E-state index contributed by atoms with van der Waals surface area (Å²) in [6, 6.07) is 7.68. The second-order valence-electron chi connectivity index (χ2n) is 5.11. The topological polar surface area (TPSA) is 52.1 Å². The van der Waals surface area contributed by atoms with Gasteiger partial charge in [-0.05, 0) is 30.8 Å². The Morgan fingerprint density at radius 1 is 1.33 bits per heavy atom. The third-order valence-electron chi connectivity index (χ3n) is 3.57. The van der Waals surface area contributed by atoms with Crippen LogP contribution in [0.2, 0.25) is 0 Å². The van der Waals surface area contributed by atoms with E-state index in [0.29, 0.717) is 11.4 Å². The van der Waals surface area contributed by atoms with E-state index >= 15 is 0 Å². The molecule has 2 aromatic rings. The molecule has 0 fully saturated rings. The van der Waals surface area contributed by atoms with E-state index in [-0.39, 0.29) is 6.10 Å². The van der Waals surface area contributed by atoms with Crippen LogP contribution in [0.1, 0.15) is 38.1 Å². The van der Waals surface area contributed by atoms with Crippen LogP contribution >= 0.6 is 12.2 Å². The molecule has 0 unspecified atom stereocenters. The number of unbranched alkanes of at least 4 members (excludes halogenated alkanes) is 2. The van der Waals surface area contributed by atoms with Crippen molar-refractivity contribution in [2.75, 3.05) is 6.61 Å². The van der Waals surface area contributed by atoms with Gasteiger partial charge >= 0.3 is 0 Å². The number of aromatic nitrogens is 3. The number of rotatable bonds is 5. The van der Waals surface area contributed by atoms with Crippen molar-refractivity contribution >= 4 is 12.2 Å². The summed E-state index contributed by atoms with van der Waals surface area (Å²) in [5, 5.41) is 7.20. The van der Waals surface area contributed by atoms with Crippen LogP contribution in [0.5, 0.6) is 11.5 Å². The minimum Gasteiger partial charge on any atom is -0.485 e. The fraction of sp³-hybridized carbons (Fsp3) is 0.467. The molecule has 1 aliphatic heterocycles. The summed E-state index contributed by atoms with van der Waals surface area (Å²) in [6.07, 6.45) is 3.21. The zero-order valence-corrected chi connectivity index (χ0v) is 12.9. The lowest BCUT2D eigenvalue weighted by Gasteiger charge is -2.26. The molecule has 1 aliphatic rings. The number of hydrogen-bond donors (Lipinski definition) is 1. The van der Waals surface area contributed by atoms with Crippen molar-refractivity contribution < 1.29 is 9.47 Å². The minimum atomic E-state index is -0.227. The van der Waals surface area contributed by atoms with Gasteiger partial charge in [0, 0.05) is 6.54 Å². The maximum Gasteiger partial charge on any atom is 0.195 e. The molecule has 6 heteroatoms. The molecule has 21 heavy (non-hydrogen) atoms. The van der Waals surface area contributed by atoms with Gasteiger partial charge in [0.2, 0.25) is 0 Å². The van der Waals surface area contributed by atoms with Crippen molar-refractivity contribution in [2.45, 2.75) is 38.8 Å². The molecule has 1 atom stereocenters. The Labute approximate surface area is 128 Å². The number of benzene rings is 1. The molecule has 1 aromatic heterocycles. The Balaban J connectivity index is 1.80. The molecule has 0 aliphatic carbocycles. The highest BCUT2D eigenvalue weighted by molar-refractivity contribution is 7.71. The molecule has 0 radical (unpaired) electrons. The fourth-order valence-corrected chi connectivity index (χ4v) is 2.69.